The van der Waals surface area contributed by atoms with Crippen LogP contribution in [0.2, 0.25) is 0 Å². The highest BCUT2D eigenvalue weighted by molar-refractivity contribution is 6.04. The van der Waals surface area contributed by atoms with Crippen LogP contribution in [0.5, 0.6) is 0 Å². The van der Waals surface area contributed by atoms with Gasteiger partial charge in [-0.05, 0) is 18.6 Å². The second-order valence-electron chi connectivity index (χ2n) is 16.0. The number of esters is 1. The second kappa shape index (κ2) is 20.8. The van der Waals surface area contributed by atoms with Gasteiger partial charge in [-0.3, -0.25) is 9.59 Å². The van der Waals surface area contributed by atoms with Crippen molar-refractivity contribution in [1.29, 1.82) is 0 Å². The fraction of sp³-hybridized carbons (Fsp3) is 0.706. The number of ether oxygens (including phenoxy) is 1. The zero-order valence-corrected chi connectivity index (χ0v) is 38.0. The highest BCUT2D eigenvalue weighted by Gasteiger charge is 3.04. The first-order chi connectivity index (χ1) is 36.6. The molecule has 1 rings (SSSR count). The Labute approximate surface area is 432 Å². The molecule has 1 aromatic rings. The second-order valence-corrected chi connectivity index (χ2v) is 16.0. The first-order valence-corrected chi connectivity index (χ1v) is 19.0. The first-order valence-electron chi connectivity index (χ1n) is 19.0. The van der Waals surface area contributed by atoms with Crippen molar-refractivity contribution in [3.8, 4) is 0 Å². The molecular weight excluding hydrogens is 1350 g/mol. The molecule has 0 radical (unpaired) electrons. The van der Waals surface area contributed by atoms with Gasteiger partial charge in [0, 0.05) is 12.5 Å². The number of rotatable bonds is 25. The molecule has 0 atom stereocenters. The number of hydrogen-bond acceptors (Lipinski definition) is 7. The number of halogens is 43. The molecule has 1 aromatic carbocycles. The monoisotopic (exact) mass is 1360 g/mol. The molecule has 8 nitrogen and oxygen atoms in total. The molecule has 0 spiro atoms. The van der Waals surface area contributed by atoms with Crippen LogP contribution in [0.3, 0.4) is 0 Å². The lowest BCUT2D eigenvalue weighted by atomic mass is 9.81. The average Bonchev–Trinajstić information content (AvgIpc) is 1.71. The van der Waals surface area contributed by atoms with Gasteiger partial charge in [-0.15, -0.1) is 0 Å². The summed E-state index contributed by atoms with van der Waals surface area (Å²) in [7, 11) is 0. The van der Waals surface area contributed by atoms with Gasteiger partial charge in [0.2, 0.25) is 12.2 Å². The molecule has 0 fully saturated rings. The number of nitrogens with one attached hydrogen (secondary N) is 1. The van der Waals surface area contributed by atoms with E-state index in [1.165, 1.54) is 0 Å². The standard InChI is InChI=1S/C34H10F43N3O5/c1-7-3-9(10(13(84)80-6-85-8(2)83)12(79-5-82)11(7)78-4-81)14(35,36)15(37,38)16(39,40)17(41,42)18(43,44)19(45,46)20(47,48)21(49,50)22(51,52)23(53,54)24(55,56)25(57,58)26(59,60)27(61,62)28(63,64)29(65,66)30(67,68)31(69,70)32(71,72)33(73,74)34(75,76)77/h3H,6H2,1-2H3,(H,80,84). The number of isocyanates is 2. The number of aryl methyl sites for hydroxylation is 1. The summed E-state index contributed by atoms with van der Waals surface area (Å²) in [6.45, 7) is -1.38. The van der Waals surface area contributed by atoms with Crippen LogP contribution in [-0.4, -0.2) is 149 Å². The maximum absolute atomic E-state index is 15.6. The number of benzene rings is 1. The molecule has 0 bridgehead atoms. The number of aliphatic imine (C=N–C) groups is 2. The number of alkyl halides is 43. The maximum Gasteiger partial charge on any atom is 0.460 e. The number of carbonyl (C=O) groups is 2. The van der Waals surface area contributed by atoms with Crippen molar-refractivity contribution in [3.05, 3.63) is 22.8 Å². The van der Waals surface area contributed by atoms with Gasteiger partial charge in [-0.1, -0.05) is 0 Å². The molecular formula is C34H10F43N3O5. The van der Waals surface area contributed by atoms with Crippen molar-refractivity contribution < 1.29 is 213 Å². The lowest BCUT2D eigenvalue weighted by Crippen LogP contribution is -2.80. The van der Waals surface area contributed by atoms with Gasteiger partial charge >= 0.3 is 131 Å². The minimum Gasteiger partial charge on any atom is -0.445 e. The summed E-state index contributed by atoms with van der Waals surface area (Å²) in [5.41, 5.74) is -12.1. The Hall–Kier alpha value is -6.09. The number of carbonyl (C=O) groups excluding carboxylic acids is 4. The van der Waals surface area contributed by atoms with Crippen LogP contribution in [0, 0.1) is 6.92 Å². The highest BCUT2D eigenvalue weighted by Crippen LogP contribution is 2.72. The summed E-state index contributed by atoms with van der Waals surface area (Å²) in [6, 6.07) is -1.05. The molecule has 0 saturated heterocycles. The smallest absolute Gasteiger partial charge is 0.445 e. The Morgan fingerprint density at radius 2 is 0.588 bits per heavy atom. The molecule has 0 heterocycles. The van der Waals surface area contributed by atoms with Crippen LogP contribution in [0.1, 0.15) is 28.4 Å². The Kier molecular flexibility index (Phi) is 18.8. The summed E-state index contributed by atoms with van der Waals surface area (Å²) >= 11 is 0. The van der Waals surface area contributed by atoms with Gasteiger partial charge < -0.3 is 10.1 Å². The van der Waals surface area contributed by atoms with E-state index in [2.05, 4.69) is 14.7 Å². The maximum atomic E-state index is 15.6. The predicted molar refractivity (Wildman–Crippen MR) is 175 cm³/mol. The van der Waals surface area contributed by atoms with E-state index >= 15 is 17.6 Å². The van der Waals surface area contributed by atoms with E-state index in [4.69, 9.17) is 0 Å². The molecule has 0 aliphatic heterocycles. The zero-order valence-electron chi connectivity index (χ0n) is 38.0. The Bertz CT molecular complexity index is 2820. The van der Waals surface area contributed by atoms with E-state index in [1.54, 1.807) is 0 Å². The van der Waals surface area contributed by atoms with Gasteiger partial charge in [0.05, 0.1) is 5.56 Å². The molecule has 0 aromatic heterocycles. The third-order valence-electron chi connectivity index (χ3n) is 10.7. The fourth-order valence-electron chi connectivity index (χ4n) is 5.80. The lowest BCUT2D eigenvalue weighted by Gasteiger charge is -2.47. The van der Waals surface area contributed by atoms with Crippen LogP contribution in [0.4, 0.5) is 200 Å². The largest absolute Gasteiger partial charge is 0.460 e. The molecule has 0 unspecified atom stereocenters. The van der Waals surface area contributed by atoms with Crippen molar-refractivity contribution in [1.82, 2.24) is 5.32 Å². The van der Waals surface area contributed by atoms with E-state index < -0.39 is 177 Å². The van der Waals surface area contributed by atoms with Crippen LogP contribution < -0.4 is 5.32 Å². The number of hydrogen-bond donors (Lipinski definition) is 1. The van der Waals surface area contributed by atoms with E-state index in [9.17, 15) is 190 Å². The van der Waals surface area contributed by atoms with Crippen LogP contribution in [0.25, 0.3) is 0 Å². The van der Waals surface area contributed by atoms with Gasteiger partial charge in [0.15, 0.2) is 6.73 Å². The van der Waals surface area contributed by atoms with Crippen molar-refractivity contribution >= 4 is 35.4 Å². The fourth-order valence-corrected chi connectivity index (χ4v) is 5.80. The Balaban J connectivity index is 4.36. The van der Waals surface area contributed by atoms with E-state index in [0.717, 1.165) is 5.32 Å². The van der Waals surface area contributed by atoms with Crippen LogP contribution >= 0.6 is 0 Å². The Morgan fingerprint density at radius 1 is 0.376 bits per heavy atom. The number of amides is 1. The molecule has 0 aliphatic carbocycles. The average molecular weight is 1360 g/mol. The third kappa shape index (κ3) is 9.63. The molecule has 1 amide bonds. The Morgan fingerprint density at radius 3 is 0.800 bits per heavy atom. The zero-order chi connectivity index (χ0) is 69.2. The summed E-state index contributed by atoms with van der Waals surface area (Å²) < 4.78 is 614. The van der Waals surface area contributed by atoms with E-state index in [1.807, 2.05) is 0 Å². The third-order valence-corrected chi connectivity index (χ3v) is 10.7. The van der Waals surface area contributed by atoms with Gasteiger partial charge in [0.1, 0.15) is 11.4 Å². The molecule has 0 aliphatic rings. The van der Waals surface area contributed by atoms with Gasteiger partial charge in [0.25, 0.3) is 5.91 Å². The first kappa shape index (κ1) is 76.9. The summed E-state index contributed by atoms with van der Waals surface area (Å²) in [4.78, 5) is 50.3. The van der Waals surface area contributed by atoms with E-state index in [-0.39, 0.29) is 13.0 Å². The highest BCUT2D eigenvalue weighted by atomic mass is 19.4. The van der Waals surface area contributed by atoms with Crippen LogP contribution in [-0.2, 0) is 25.0 Å². The molecule has 0 saturated carbocycles. The topological polar surface area (TPSA) is 114 Å². The quantitative estimate of drug-likeness (QED) is 0.0344. The number of nitrogens with zero attached hydrogens (tertiary/aromatic N) is 2. The van der Waals surface area contributed by atoms with Crippen molar-refractivity contribution in [3.63, 3.8) is 0 Å². The summed E-state index contributed by atoms with van der Waals surface area (Å²) in [5, 5.41) is 0.967. The van der Waals surface area contributed by atoms with E-state index in [0.29, 0.717) is 13.0 Å². The molecule has 1 N–H and O–H groups in total. The van der Waals surface area contributed by atoms with Crippen molar-refractivity contribution in [2.24, 2.45) is 9.98 Å². The van der Waals surface area contributed by atoms with Crippen molar-refractivity contribution in [2.45, 2.75) is 138 Å². The van der Waals surface area contributed by atoms with Gasteiger partial charge in [-0.25, -0.2) is 9.59 Å². The molecule has 85 heavy (non-hydrogen) atoms. The minimum atomic E-state index is -10.8. The van der Waals surface area contributed by atoms with Crippen LogP contribution in [0.15, 0.2) is 16.1 Å². The molecule has 492 valence electrons. The summed E-state index contributed by atoms with van der Waals surface area (Å²) in [5.74, 6) is -208. The predicted octanol–water partition coefficient (Wildman–Crippen LogP) is 14.9. The molecule has 51 heteroatoms. The summed E-state index contributed by atoms with van der Waals surface area (Å²) in [6.07, 6.45) is -8.00. The van der Waals surface area contributed by atoms with Crippen molar-refractivity contribution in [2.75, 3.05) is 6.73 Å². The lowest BCUT2D eigenvalue weighted by molar-refractivity contribution is -0.496. The SMILES string of the molecule is CC(=O)OCNC(=O)c1c(C(F)(F)C(F)(F)C(F)(F)C(F)(F)C(F)(F)C(F)(F)C(F)(F)C(F)(F)C(F)(F)C(F)(F)C(F)(F)C(F)(F)C(F)(F)C(F)(F)C(F)(F)C(F)(F)C(F)(F)C(F)(F)C(F)(F)C(F)(F)C(F)(F)F)cc(C)c(N=C=O)c1N=C=O. The van der Waals surface area contributed by atoms with Gasteiger partial charge in [-0.2, -0.15) is 199 Å². The normalized spacial score (nSPS) is 15.7. The minimum absolute atomic E-state index is 0.0510.